The molecule has 0 heterocycles. The Morgan fingerprint density at radius 2 is 1.94 bits per heavy atom. The Morgan fingerprint density at radius 1 is 1.29 bits per heavy atom. The SMILES string of the molecule is N[C@H](c1ccc(F)c(Cl)c1O)C1CCCCC1. The highest BCUT2D eigenvalue weighted by atomic mass is 35.5. The molecular weight excluding hydrogens is 241 g/mol. The second kappa shape index (κ2) is 5.23. The van der Waals surface area contributed by atoms with E-state index in [2.05, 4.69) is 0 Å². The fourth-order valence-electron chi connectivity index (χ4n) is 2.57. The molecule has 1 saturated carbocycles. The van der Waals surface area contributed by atoms with E-state index >= 15 is 0 Å². The van der Waals surface area contributed by atoms with Gasteiger partial charge in [-0.25, -0.2) is 4.39 Å². The average molecular weight is 258 g/mol. The first-order chi connectivity index (χ1) is 8.11. The number of phenolic OH excluding ortho intramolecular Hbond substituents is 1. The van der Waals surface area contributed by atoms with E-state index in [-0.39, 0.29) is 16.8 Å². The molecule has 0 spiro atoms. The molecule has 3 N–H and O–H groups in total. The highest BCUT2D eigenvalue weighted by Gasteiger charge is 2.25. The lowest BCUT2D eigenvalue weighted by molar-refractivity contribution is 0.302. The third-order valence-electron chi connectivity index (χ3n) is 3.62. The van der Waals surface area contributed by atoms with Crippen molar-refractivity contribution in [2.75, 3.05) is 0 Å². The van der Waals surface area contributed by atoms with E-state index in [0.29, 0.717) is 11.5 Å². The monoisotopic (exact) mass is 257 g/mol. The van der Waals surface area contributed by atoms with Crippen LogP contribution in [0.15, 0.2) is 12.1 Å². The van der Waals surface area contributed by atoms with Crippen molar-refractivity contribution in [2.24, 2.45) is 11.7 Å². The van der Waals surface area contributed by atoms with E-state index < -0.39 is 5.82 Å². The molecule has 1 fully saturated rings. The lowest BCUT2D eigenvalue weighted by Crippen LogP contribution is -2.23. The molecule has 0 amide bonds. The van der Waals surface area contributed by atoms with Crippen LogP contribution in [0.2, 0.25) is 5.02 Å². The maximum atomic E-state index is 13.1. The summed E-state index contributed by atoms with van der Waals surface area (Å²) < 4.78 is 13.1. The van der Waals surface area contributed by atoms with Crippen LogP contribution < -0.4 is 5.73 Å². The molecule has 0 aliphatic heterocycles. The fourth-order valence-corrected chi connectivity index (χ4v) is 2.74. The lowest BCUT2D eigenvalue weighted by atomic mass is 9.81. The summed E-state index contributed by atoms with van der Waals surface area (Å²) in [6, 6.07) is 2.55. The second-order valence-electron chi connectivity index (χ2n) is 4.72. The molecule has 1 aliphatic carbocycles. The normalized spacial score (nSPS) is 19.2. The zero-order valence-electron chi connectivity index (χ0n) is 9.63. The van der Waals surface area contributed by atoms with Gasteiger partial charge >= 0.3 is 0 Å². The van der Waals surface area contributed by atoms with Crippen LogP contribution in [0, 0.1) is 11.7 Å². The van der Waals surface area contributed by atoms with Gasteiger partial charge < -0.3 is 10.8 Å². The maximum absolute atomic E-state index is 13.1. The van der Waals surface area contributed by atoms with Crippen LogP contribution >= 0.6 is 11.6 Å². The third kappa shape index (κ3) is 2.55. The summed E-state index contributed by atoms with van der Waals surface area (Å²) in [5, 5.41) is 9.60. The minimum absolute atomic E-state index is 0.204. The molecule has 1 aromatic carbocycles. The third-order valence-corrected chi connectivity index (χ3v) is 3.98. The van der Waals surface area contributed by atoms with Crippen LogP contribution in [0.25, 0.3) is 0 Å². The van der Waals surface area contributed by atoms with Crippen LogP contribution in [0.3, 0.4) is 0 Å². The van der Waals surface area contributed by atoms with E-state index in [9.17, 15) is 9.50 Å². The number of aromatic hydroxyl groups is 1. The van der Waals surface area contributed by atoms with Gasteiger partial charge in [-0.3, -0.25) is 0 Å². The van der Waals surface area contributed by atoms with Crippen molar-refractivity contribution in [1.82, 2.24) is 0 Å². The second-order valence-corrected chi connectivity index (χ2v) is 5.10. The Morgan fingerprint density at radius 3 is 2.59 bits per heavy atom. The molecule has 2 nitrogen and oxygen atoms in total. The number of rotatable bonds is 2. The van der Waals surface area contributed by atoms with Gasteiger partial charge in [0.25, 0.3) is 0 Å². The van der Waals surface area contributed by atoms with Gasteiger partial charge in [0.2, 0.25) is 0 Å². The van der Waals surface area contributed by atoms with Gasteiger partial charge in [0.15, 0.2) is 0 Å². The molecule has 0 bridgehead atoms. The predicted molar refractivity (Wildman–Crippen MR) is 66.6 cm³/mol. The fraction of sp³-hybridized carbons (Fsp3) is 0.538. The van der Waals surface area contributed by atoms with Crippen molar-refractivity contribution in [1.29, 1.82) is 0 Å². The van der Waals surface area contributed by atoms with Crippen molar-refractivity contribution in [3.8, 4) is 5.75 Å². The Labute approximate surface area is 106 Å². The number of halogens is 2. The first kappa shape index (κ1) is 12.7. The van der Waals surface area contributed by atoms with E-state index in [0.717, 1.165) is 12.8 Å². The molecule has 0 unspecified atom stereocenters. The molecular formula is C13H17ClFNO. The highest BCUT2D eigenvalue weighted by Crippen LogP contribution is 2.39. The van der Waals surface area contributed by atoms with Crippen molar-refractivity contribution in [2.45, 2.75) is 38.1 Å². The van der Waals surface area contributed by atoms with E-state index in [1.54, 1.807) is 0 Å². The van der Waals surface area contributed by atoms with Crippen molar-refractivity contribution >= 4 is 11.6 Å². The zero-order valence-corrected chi connectivity index (χ0v) is 10.4. The zero-order chi connectivity index (χ0) is 12.4. The summed E-state index contributed by atoms with van der Waals surface area (Å²) in [5.41, 5.74) is 6.71. The lowest BCUT2D eigenvalue weighted by Gasteiger charge is -2.28. The molecule has 1 aliphatic rings. The maximum Gasteiger partial charge on any atom is 0.145 e. The largest absolute Gasteiger partial charge is 0.506 e. The van der Waals surface area contributed by atoms with Crippen LogP contribution in [-0.2, 0) is 0 Å². The van der Waals surface area contributed by atoms with Gasteiger partial charge in [-0.1, -0.05) is 36.9 Å². The standard InChI is InChI=1S/C13H17ClFNO/c14-11-10(15)7-6-9(13(11)17)12(16)8-4-2-1-3-5-8/h6-8,12,17H,1-5,16H2/t12-/m0/s1. The summed E-state index contributed by atoms with van der Waals surface area (Å²) in [5.74, 6) is -0.454. The molecule has 1 atom stereocenters. The first-order valence-corrected chi connectivity index (χ1v) is 6.41. The van der Waals surface area contributed by atoms with Gasteiger partial charge in [-0.15, -0.1) is 0 Å². The molecule has 0 saturated heterocycles. The summed E-state index contributed by atoms with van der Waals surface area (Å²) in [6.45, 7) is 0. The van der Waals surface area contributed by atoms with Crippen LogP contribution in [-0.4, -0.2) is 5.11 Å². The molecule has 4 heteroatoms. The quantitative estimate of drug-likeness (QED) is 0.847. The van der Waals surface area contributed by atoms with Gasteiger partial charge in [0.05, 0.1) is 0 Å². The van der Waals surface area contributed by atoms with Gasteiger partial charge in [-0.05, 0) is 24.8 Å². The number of nitrogens with two attached hydrogens (primary N) is 1. The molecule has 17 heavy (non-hydrogen) atoms. The molecule has 2 rings (SSSR count). The van der Waals surface area contributed by atoms with E-state index in [4.69, 9.17) is 17.3 Å². The Balaban J connectivity index is 2.24. The van der Waals surface area contributed by atoms with Crippen LogP contribution in [0.5, 0.6) is 5.75 Å². The topological polar surface area (TPSA) is 46.2 Å². The van der Waals surface area contributed by atoms with Gasteiger partial charge in [-0.2, -0.15) is 0 Å². The molecule has 0 radical (unpaired) electrons. The van der Waals surface area contributed by atoms with Crippen molar-refractivity contribution in [3.05, 3.63) is 28.5 Å². The van der Waals surface area contributed by atoms with Gasteiger partial charge in [0.1, 0.15) is 16.6 Å². The van der Waals surface area contributed by atoms with Crippen molar-refractivity contribution in [3.63, 3.8) is 0 Å². The Bertz CT molecular complexity index is 405. The van der Waals surface area contributed by atoms with Crippen LogP contribution in [0.1, 0.15) is 43.7 Å². The Hall–Kier alpha value is -0.800. The average Bonchev–Trinajstić information content (AvgIpc) is 2.36. The first-order valence-electron chi connectivity index (χ1n) is 6.03. The number of hydrogen-bond donors (Lipinski definition) is 2. The summed E-state index contributed by atoms with van der Waals surface area (Å²) in [6.07, 6.45) is 5.73. The van der Waals surface area contributed by atoms with Crippen LogP contribution in [0.4, 0.5) is 4.39 Å². The number of phenols is 1. The number of hydrogen-bond acceptors (Lipinski definition) is 2. The van der Waals surface area contributed by atoms with Gasteiger partial charge in [0, 0.05) is 11.6 Å². The van der Waals surface area contributed by atoms with Crippen molar-refractivity contribution < 1.29 is 9.50 Å². The summed E-state index contributed by atoms with van der Waals surface area (Å²) in [7, 11) is 0. The molecule has 94 valence electrons. The predicted octanol–water partition coefficient (Wildman–Crippen LogP) is 3.76. The highest BCUT2D eigenvalue weighted by molar-refractivity contribution is 6.32. The Kier molecular flexibility index (Phi) is 3.89. The van der Waals surface area contributed by atoms with E-state index in [1.165, 1.54) is 31.4 Å². The minimum Gasteiger partial charge on any atom is -0.506 e. The number of benzene rings is 1. The molecule has 0 aromatic heterocycles. The van der Waals surface area contributed by atoms with E-state index in [1.807, 2.05) is 0 Å². The minimum atomic E-state index is -0.608. The summed E-state index contributed by atoms with van der Waals surface area (Å²) in [4.78, 5) is 0. The summed E-state index contributed by atoms with van der Waals surface area (Å²) >= 11 is 5.69. The molecule has 1 aromatic rings. The smallest absolute Gasteiger partial charge is 0.145 e.